The fraction of sp³-hybridized carbons (Fsp3) is 0.182. The van der Waals surface area contributed by atoms with Crippen LogP contribution in [0.25, 0.3) is 33.6 Å². The summed E-state index contributed by atoms with van der Waals surface area (Å²) in [4.78, 5) is 17.0. The van der Waals surface area contributed by atoms with Gasteiger partial charge in [0.1, 0.15) is 11.4 Å². The van der Waals surface area contributed by atoms with Crippen LogP contribution < -0.4 is 10.0 Å². The van der Waals surface area contributed by atoms with Crippen molar-refractivity contribution in [1.29, 1.82) is 0 Å². The molecular formula is C33H30N4O4S. The average molecular weight is 579 g/mol. The maximum atomic E-state index is 12.6. The van der Waals surface area contributed by atoms with E-state index in [0.717, 1.165) is 56.7 Å². The molecule has 3 aromatic carbocycles. The van der Waals surface area contributed by atoms with Gasteiger partial charge in [-0.2, -0.15) is 0 Å². The lowest BCUT2D eigenvalue weighted by Crippen LogP contribution is -2.38. The molecule has 1 aliphatic carbocycles. The maximum absolute atomic E-state index is 12.6. The number of rotatable bonds is 8. The van der Waals surface area contributed by atoms with Gasteiger partial charge in [-0.15, -0.1) is 0 Å². The van der Waals surface area contributed by atoms with Crippen molar-refractivity contribution >= 4 is 27.3 Å². The van der Waals surface area contributed by atoms with Crippen molar-refractivity contribution < 1.29 is 17.7 Å². The zero-order valence-electron chi connectivity index (χ0n) is 23.5. The van der Waals surface area contributed by atoms with E-state index in [1.165, 1.54) is 5.56 Å². The SMILES string of the molecule is Cc1ccccc1-c1cncc(Nc2c(C)noc2-c2ccc(-c3ccc(C4(C(=O)NS(C)(=O)=O)CC4)cc3)cc2)c1. The zero-order chi connectivity index (χ0) is 29.5. The third-order valence-electron chi connectivity index (χ3n) is 7.71. The van der Waals surface area contributed by atoms with Gasteiger partial charge in [0.15, 0.2) is 5.76 Å². The number of aromatic nitrogens is 2. The molecule has 0 atom stereocenters. The van der Waals surface area contributed by atoms with Crippen molar-refractivity contribution in [2.45, 2.75) is 32.1 Å². The summed E-state index contributed by atoms with van der Waals surface area (Å²) in [5.41, 5.74) is 8.57. The number of pyridine rings is 1. The van der Waals surface area contributed by atoms with Crippen LogP contribution in [0.2, 0.25) is 0 Å². The predicted molar refractivity (Wildman–Crippen MR) is 164 cm³/mol. The molecule has 0 aliphatic heterocycles. The summed E-state index contributed by atoms with van der Waals surface area (Å²) in [6.45, 7) is 3.98. The Balaban J connectivity index is 1.21. The second-order valence-corrected chi connectivity index (χ2v) is 12.6. The number of carbonyl (C=O) groups excluding carboxylic acids is 1. The fourth-order valence-electron chi connectivity index (χ4n) is 5.24. The Bertz CT molecular complexity index is 1890. The number of nitrogens with one attached hydrogen (secondary N) is 2. The Morgan fingerprint density at radius 2 is 1.50 bits per heavy atom. The largest absolute Gasteiger partial charge is 0.354 e. The number of sulfonamides is 1. The third kappa shape index (κ3) is 5.43. The average Bonchev–Trinajstić information content (AvgIpc) is 3.72. The molecule has 1 fully saturated rings. The van der Waals surface area contributed by atoms with Gasteiger partial charge in [-0.05, 0) is 60.6 Å². The molecule has 212 valence electrons. The van der Waals surface area contributed by atoms with Crippen molar-refractivity contribution in [3.63, 3.8) is 0 Å². The summed E-state index contributed by atoms with van der Waals surface area (Å²) in [6, 6.07) is 26.0. The van der Waals surface area contributed by atoms with Gasteiger partial charge in [-0.25, -0.2) is 8.42 Å². The normalized spacial score (nSPS) is 13.9. The number of benzene rings is 3. The molecule has 0 radical (unpaired) electrons. The number of aryl methyl sites for hydroxylation is 2. The zero-order valence-corrected chi connectivity index (χ0v) is 24.3. The van der Waals surface area contributed by atoms with E-state index in [9.17, 15) is 13.2 Å². The van der Waals surface area contributed by atoms with E-state index in [0.29, 0.717) is 18.6 Å². The lowest BCUT2D eigenvalue weighted by atomic mass is 9.93. The van der Waals surface area contributed by atoms with Crippen LogP contribution in [0.1, 0.15) is 29.7 Å². The van der Waals surface area contributed by atoms with E-state index >= 15 is 0 Å². The molecule has 2 heterocycles. The molecule has 1 aliphatic rings. The first-order chi connectivity index (χ1) is 20.1. The van der Waals surface area contributed by atoms with Crippen molar-refractivity contribution in [1.82, 2.24) is 14.9 Å². The Hall–Kier alpha value is -4.76. The molecule has 5 aromatic rings. The van der Waals surface area contributed by atoms with Gasteiger partial charge in [0.25, 0.3) is 0 Å². The van der Waals surface area contributed by atoms with Crippen LogP contribution in [0.15, 0.2) is 95.8 Å². The number of hydrogen-bond acceptors (Lipinski definition) is 7. The molecule has 1 amide bonds. The molecule has 0 spiro atoms. The Labute approximate surface area is 244 Å². The standard InChI is InChI=1S/C33H30N4O4S/c1-21-6-4-5-7-29(21)26-18-28(20-34-19-26)35-30-22(2)36-41-31(30)25-10-8-23(9-11-25)24-12-14-27(15-13-24)33(16-17-33)32(38)37-42(3,39)40/h4-15,18-20,35H,16-17H2,1-3H3,(H,37,38). The van der Waals surface area contributed by atoms with Gasteiger partial charge < -0.3 is 9.84 Å². The molecule has 6 rings (SSSR count). The fourth-order valence-corrected chi connectivity index (χ4v) is 5.78. The van der Waals surface area contributed by atoms with E-state index in [4.69, 9.17) is 4.52 Å². The van der Waals surface area contributed by atoms with E-state index in [2.05, 4.69) is 45.3 Å². The minimum Gasteiger partial charge on any atom is -0.354 e. The lowest BCUT2D eigenvalue weighted by Gasteiger charge is -2.15. The molecule has 2 aromatic heterocycles. The highest BCUT2D eigenvalue weighted by Crippen LogP contribution is 2.49. The lowest BCUT2D eigenvalue weighted by molar-refractivity contribution is -0.121. The molecule has 42 heavy (non-hydrogen) atoms. The number of amides is 1. The molecule has 0 saturated heterocycles. The van der Waals surface area contributed by atoms with Gasteiger partial charge in [-0.3, -0.25) is 14.5 Å². The first-order valence-corrected chi connectivity index (χ1v) is 15.5. The minimum absolute atomic E-state index is 0.466. The van der Waals surface area contributed by atoms with Gasteiger partial charge in [0.05, 0.1) is 23.6 Å². The molecule has 0 bridgehead atoms. The van der Waals surface area contributed by atoms with Gasteiger partial charge in [-0.1, -0.05) is 78.0 Å². The quantitative estimate of drug-likeness (QED) is 0.215. The van der Waals surface area contributed by atoms with Crippen molar-refractivity contribution in [2.24, 2.45) is 0 Å². The van der Waals surface area contributed by atoms with Crippen molar-refractivity contribution in [2.75, 3.05) is 11.6 Å². The van der Waals surface area contributed by atoms with Crippen LogP contribution in [-0.2, 0) is 20.2 Å². The molecule has 2 N–H and O–H groups in total. The minimum atomic E-state index is -3.61. The maximum Gasteiger partial charge on any atom is 0.244 e. The summed E-state index contributed by atoms with van der Waals surface area (Å²) in [5.74, 6) is 0.162. The van der Waals surface area contributed by atoms with E-state index in [1.54, 1.807) is 6.20 Å². The van der Waals surface area contributed by atoms with Crippen LogP contribution in [0.3, 0.4) is 0 Å². The molecule has 0 unspecified atom stereocenters. The third-order valence-corrected chi connectivity index (χ3v) is 8.26. The van der Waals surface area contributed by atoms with Gasteiger partial charge >= 0.3 is 0 Å². The van der Waals surface area contributed by atoms with Gasteiger partial charge in [0.2, 0.25) is 15.9 Å². The first kappa shape index (κ1) is 27.4. The van der Waals surface area contributed by atoms with Crippen LogP contribution in [0.5, 0.6) is 0 Å². The summed E-state index contributed by atoms with van der Waals surface area (Å²) in [5, 5.41) is 7.67. The number of carbonyl (C=O) groups is 1. The molecule has 1 saturated carbocycles. The topological polar surface area (TPSA) is 114 Å². The van der Waals surface area contributed by atoms with Crippen LogP contribution in [-0.4, -0.2) is 30.7 Å². The highest BCUT2D eigenvalue weighted by atomic mass is 32.2. The highest BCUT2D eigenvalue weighted by molar-refractivity contribution is 7.89. The van der Waals surface area contributed by atoms with Crippen LogP contribution in [0.4, 0.5) is 11.4 Å². The molecule has 8 nitrogen and oxygen atoms in total. The van der Waals surface area contributed by atoms with Gasteiger partial charge in [0, 0.05) is 17.3 Å². The second-order valence-electron chi connectivity index (χ2n) is 10.8. The highest BCUT2D eigenvalue weighted by Gasteiger charge is 2.52. The summed E-state index contributed by atoms with van der Waals surface area (Å²) < 4.78 is 31.0. The summed E-state index contributed by atoms with van der Waals surface area (Å²) in [6.07, 6.45) is 5.88. The van der Waals surface area contributed by atoms with E-state index in [1.807, 2.05) is 73.8 Å². The second kappa shape index (κ2) is 10.6. The first-order valence-electron chi connectivity index (χ1n) is 13.6. The van der Waals surface area contributed by atoms with Crippen LogP contribution in [0, 0.1) is 13.8 Å². The monoisotopic (exact) mass is 578 g/mol. The summed E-state index contributed by atoms with van der Waals surface area (Å²) >= 11 is 0. The number of hydrogen-bond donors (Lipinski definition) is 2. The summed E-state index contributed by atoms with van der Waals surface area (Å²) in [7, 11) is -3.61. The van der Waals surface area contributed by atoms with Crippen molar-refractivity contribution in [3.05, 3.63) is 108 Å². The Morgan fingerprint density at radius 1 is 0.857 bits per heavy atom. The van der Waals surface area contributed by atoms with E-state index < -0.39 is 21.3 Å². The number of nitrogens with zero attached hydrogens (tertiary/aromatic N) is 2. The predicted octanol–water partition coefficient (Wildman–Crippen LogP) is 6.54. The Kier molecular flexibility index (Phi) is 6.90. The smallest absolute Gasteiger partial charge is 0.244 e. The number of anilines is 2. The van der Waals surface area contributed by atoms with Crippen LogP contribution >= 0.6 is 0 Å². The Morgan fingerprint density at radius 3 is 2.14 bits per heavy atom. The van der Waals surface area contributed by atoms with Crippen molar-refractivity contribution in [3.8, 4) is 33.6 Å². The van der Waals surface area contributed by atoms with E-state index in [-0.39, 0.29) is 0 Å². The molecular weight excluding hydrogens is 548 g/mol. The molecule has 9 heteroatoms.